The first kappa shape index (κ1) is 23.9. The molecule has 0 atom stereocenters. The number of methoxy groups -OCH3 is 1. The second-order valence-electron chi connectivity index (χ2n) is 10.1. The van der Waals surface area contributed by atoms with E-state index in [1.807, 2.05) is 45.3 Å². The zero-order chi connectivity index (χ0) is 24.4. The van der Waals surface area contributed by atoms with Crippen LogP contribution in [0.1, 0.15) is 37.3 Å². The molecule has 5 rings (SSSR count). The number of amides is 1. The van der Waals surface area contributed by atoms with Crippen LogP contribution in [0.25, 0.3) is 11.0 Å². The van der Waals surface area contributed by atoms with Crippen molar-refractivity contribution < 1.29 is 9.53 Å². The van der Waals surface area contributed by atoms with Gasteiger partial charge in [0.2, 0.25) is 5.91 Å². The van der Waals surface area contributed by atoms with Crippen molar-refractivity contribution in [2.45, 2.75) is 44.8 Å². The van der Waals surface area contributed by atoms with Crippen LogP contribution in [0.3, 0.4) is 0 Å². The van der Waals surface area contributed by atoms with Crippen molar-refractivity contribution in [1.29, 1.82) is 0 Å². The Morgan fingerprint density at radius 3 is 2.37 bits per heavy atom. The number of rotatable bonds is 7. The minimum atomic E-state index is 0.0267. The number of piperidine rings is 2. The van der Waals surface area contributed by atoms with Crippen LogP contribution in [-0.2, 0) is 29.7 Å². The van der Waals surface area contributed by atoms with Gasteiger partial charge in [0.15, 0.2) is 0 Å². The van der Waals surface area contributed by atoms with Gasteiger partial charge in [0.05, 0.1) is 24.2 Å². The predicted molar refractivity (Wildman–Crippen MR) is 136 cm³/mol. The van der Waals surface area contributed by atoms with Crippen molar-refractivity contribution in [3.8, 4) is 0 Å². The molecular formula is C27H37N5O3. The molecule has 2 aromatic heterocycles. The molecule has 1 aromatic carbocycles. The summed E-state index contributed by atoms with van der Waals surface area (Å²) in [5.41, 5.74) is 3.29. The fraction of sp³-hybridized carbons (Fsp3) is 0.556. The lowest BCUT2D eigenvalue weighted by molar-refractivity contribution is -0.138. The Hall–Kier alpha value is -2.84. The summed E-state index contributed by atoms with van der Waals surface area (Å²) in [4.78, 5) is 31.1. The number of para-hydroxylation sites is 2. The Balaban J connectivity index is 1.19. The minimum Gasteiger partial charge on any atom is -0.383 e. The monoisotopic (exact) mass is 479 g/mol. The van der Waals surface area contributed by atoms with E-state index in [2.05, 4.69) is 27.9 Å². The number of aryl methyl sites for hydroxylation is 1. The van der Waals surface area contributed by atoms with Gasteiger partial charge in [-0.05, 0) is 62.5 Å². The molecule has 0 radical (unpaired) electrons. The number of carbonyl (C=O) groups is 1. The normalized spacial score (nSPS) is 18.5. The smallest absolute Gasteiger partial charge is 0.329 e. The van der Waals surface area contributed by atoms with Crippen LogP contribution in [0.15, 0.2) is 47.5 Å². The average molecular weight is 480 g/mol. The lowest BCUT2D eigenvalue weighted by atomic mass is 9.93. The highest BCUT2D eigenvalue weighted by Crippen LogP contribution is 2.28. The van der Waals surface area contributed by atoms with Crippen molar-refractivity contribution in [2.75, 3.05) is 39.9 Å². The van der Waals surface area contributed by atoms with Crippen LogP contribution in [0.2, 0.25) is 0 Å². The summed E-state index contributed by atoms with van der Waals surface area (Å²) in [7, 11) is 3.71. The molecule has 4 heterocycles. The molecule has 8 heteroatoms. The SMILES string of the molecule is COCCn1c(=O)n(C2CCN(C(=O)C3CCN(Cc4ccn(C)c4)CC3)CC2)c2ccccc21. The van der Waals surface area contributed by atoms with E-state index in [0.29, 0.717) is 19.1 Å². The summed E-state index contributed by atoms with van der Waals surface area (Å²) in [6.45, 7) is 5.39. The number of likely N-dealkylation sites (tertiary alicyclic amines) is 2. The molecule has 0 unspecified atom stereocenters. The summed E-state index contributed by atoms with van der Waals surface area (Å²) >= 11 is 0. The van der Waals surface area contributed by atoms with E-state index in [0.717, 1.165) is 69.4 Å². The second-order valence-corrected chi connectivity index (χ2v) is 10.1. The van der Waals surface area contributed by atoms with Gasteiger partial charge in [0.1, 0.15) is 0 Å². The molecule has 2 saturated heterocycles. The van der Waals surface area contributed by atoms with E-state index in [1.165, 1.54) is 5.56 Å². The maximum Gasteiger partial charge on any atom is 0.329 e. The van der Waals surface area contributed by atoms with E-state index in [1.54, 1.807) is 7.11 Å². The standard InChI is InChI=1S/C27H37N5O3/c1-28-12-7-21(19-28)20-29-13-8-22(9-14-29)26(33)30-15-10-23(11-16-30)32-25-6-4-3-5-24(25)31(27(32)34)17-18-35-2/h3-7,12,19,22-23H,8-11,13-18,20H2,1-2H3. The van der Waals surface area contributed by atoms with E-state index >= 15 is 0 Å². The summed E-state index contributed by atoms with van der Waals surface area (Å²) in [6, 6.07) is 10.3. The van der Waals surface area contributed by atoms with Gasteiger partial charge < -0.3 is 14.2 Å². The molecular weight excluding hydrogens is 442 g/mol. The summed E-state index contributed by atoms with van der Waals surface area (Å²) < 4.78 is 11.1. The molecule has 0 aliphatic carbocycles. The van der Waals surface area contributed by atoms with Gasteiger partial charge in [-0.2, -0.15) is 0 Å². The first-order valence-electron chi connectivity index (χ1n) is 12.9. The van der Waals surface area contributed by atoms with E-state index in [4.69, 9.17) is 4.74 Å². The molecule has 188 valence electrons. The van der Waals surface area contributed by atoms with Gasteiger partial charge in [0.25, 0.3) is 0 Å². The first-order chi connectivity index (χ1) is 17.0. The van der Waals surface area contributed by atoms with Crippen molar-refractivity contribution in [3.05, 3.63) is 58.8 Å². The molecule has 0 saturated carbocycles. The summed E-state index contributed by atoms with van der Waals surface area (Å²) in [5, 5.41) is 0. The van der Waals surface area contributed by atoms with Gasteiger partial charge in [-0.1, -0.05) is 12.1 Å². The second kappa shape index (κ2) is 10.4. The number of benzene rings is 1. The first-order valence-corrected chi connectivity index (χ1v) is 12.9. The Morgan fingerprint density at radius 1 is 1.00 bits per heavy atom. The number of hydrogen-bond donors (Lipinski definition) is 0. The highest BCUT2D eigenvalue weighted by Gasteiger charge is 2.32. The number of aromatic nitrogens is 3. The maximum absolute atomic E-state index is 13.3. The predicted octanol–water partition coefficient (Wildman–Crippen LogP) is 2.86. The van der Waals surface area contributed by atoms with Gasteiger partial charge >= 0.3 is 5.69 Å². The quantitative estimate of drug-likeness (QED) is 0.523. The molecule has 2 aliphatic rings. The van der Waals surface area contributed by atoms with Crippen molar-refractivity contribution in [3.63, 3.8) is 0 Å². The molecule has 35 heavy (non-hydrogen) atoms. The van der Waals surface area contributed by atoms with E-state index in [-0.39, 0.29) is 17.6 Å². The third kappa shape index (κ3) is 4.95. The van der Waals surface area contributed by atoms with Crippen LogP contribution < -0.4 is 5.69 Å². The number of hydrogen-bond acceptors (Lipinski definition) is 4. The van der Waals surface area contributed by atoms with Gasteiger partial charge in [-0.3, -0.25) is 18.8 Å². The topological polar surface area (TPSA) is 64.6 Å². The van der Waals surface area contributed by atoms with Crippen LogP contribution in [-0.4, -0.2) is 69.3 Å². The van der Waals surface area contributed by atoms with Crippen molar-refractivity contribution in [2.24, 2.45) is 13.0 Å². The molecule has 0 N–H and O–H groups in total. The lowest BCUT2D eigenvalue weighted by Crippen LogP contribution is -2.46. The van der Waals surface area contributed by atoms with E-state index in [9.17, 15) is 9.59 Å². The Bertz CT molecular complexity index is 1210. The number of carbonyl (C=O) groups excluding carboxylic acids is 1. The lowest BCUT2D eigenvalue weighted by Gasteiger charge is -2.37. The molecule has 2 aliphatic heterocycles. The number of nitrogens with zero attached hydrogens (tertiary/aromatic N) is 5. The highest BCUT2D eigenvalue weighted by atomic mass is 16.5. The fourth-order valence-corrected chi connectivity index (χ4v) is 5.84. The number of fused-ring (bicyclic) bond motifs is 1. The fourth-order valence-electron chi connectivity index (χ4n) is 5.84. The highest BCUT2D eigenvalue weighted by molar-refractivity contribution is 5.79. The zero-order valence-corrected chi connectivity index (χ0v) is 20.9. The van der Waals surface area contributed by atoms with Crippen LogP contribution in [0.5, 0.6) is 0 Å². The average Bonchev–Trinajstić information content (AvgIpc) is 3.42. The Kier molecular flexibility index (Phi) is 7.11. The van der Waals surface area contributed by atoms with Gasteiger partial charge in [-0.15, -0.1) is 0 Å². The molecule has 1 amide bonds. The van der Waals surface area contributed by atoms with Crippen LogP contribution in [0.4, 0.5) is 0 Å². The molecule has 2 fully saturated rings. The van der Waals surface area contributed by atoms with Gasteiger partial charge in [-0.25, -0.2) is 4.79 Å². The number of imidazole rings is 1. The molecule has 8 nitrogen and oxygen atoms in total. The summed E-state index contributed by atoms with van der Waals surface area (Å²) in [5.74, 6) is 0.426. The Labute approximate surface area is 206 Å². The third-order valence-electron chi connectivity index (χ3n) is 7.77. The minimum absolute atomic E-state index is 0.0267. The molecule has 0 bridgehead atoms. The van der Waals surface area contributed by atoms with Crippen LogP contribution in [0, 0.1) is 5.92 Å². The van der Waals surface area contributed by atoms with Crippen molar-refractivity contribution in [1.82, 2.24) is 23.5 Å². The number of ether oxygens (including phenoxy) is 1. The molecule has 3 aromatic rings. The molecule has 0 spiro atoms. The largest absolute Gasteiger partial charge is 0.383 e. The maximum atomic E-state index is 13.3. The van der Waals surface area contributed by atoms with Gasteiger partial charge in [0, 0.05) is 58.1 Å². The summed E-state index contributed by atoms with van der Waals surface area (Å²) in [6.07, 6.45) is 7.74. The Morgan fingerprint density at radius 2 is 1.71 bits per heavy atom. The van der Waals surface area contributed by atoms with Crippen molar-refractivity contribution >= 4 is 16.9 Å². The van der Waals surface area contributed by atoms with Crippen LogP contribution >= 0.6 is 0 Å². The van der Waals surface area contributed by atoms with E-state index < -0.39 is 0 Å². The zero-order valence-electron chi connectivity index (χ0n) is 20.9. The third-order valence-corrected chi connectivity index (χ3v) is 7.77.